The van der Waals surface area contributed by atoms with E-state index in [9.17, 15) is 4.79 Å². The van der Waals surface area contributed by atoms with Gasteiger partial charge in [0.15, 0.2) is 5.96 Å². The first-order valence-electron chi connectivity index (χ1n) is 9.33. The average molecular weight is 477 g/mol. The normalized spacial score (nSPS) is 15.5. The minimum absolute atomic E-state index is 0. The Kier molecular flexibility index (Phi) is 10.6. The van der Waals surface area contributed by atoms with Crippen molar-refractivity contribution >= 4 is 35.9 Å². The molecule has 7 nitrogen and oxygen atoms in total. The highest BCUT2D eigenvalue weighted by atomic mass is 127. The van der Waals surface area contributed by atoms with Crippen molar-refractivity contribution < 1.29 is 9.53 Å². The van der Waals surface area contributed by atoms with Crippen LogP contribution < -0.4 is 5.32 Å². The highest BCUT2D eigenvalue weighted by Crippen LogP contribution is 2.18. The van der Waals surface area contributed by atoms with Gasteiger partial charge in [-0.15, -0.1) is 24.0 Å². The van der Waals surface area contributed by atoms with Crippen LogP contribution in [0.2, 0.25) is 0 Å². The minimum atomic E-state index is -0.0568. The summed E-state index contributed by atoms with van der Waals surface area (Å²) in [4.78, 5) is 18.8. The maximum Gasteiger partial charge on any atom is 0.309 e. The Morgan fingerprint density at radius 2 is 2.12 bits per heavy atom. The summed E-state index contributed by atoms with van der Waals surface area (Å²) in [6, 6.07) is 0. The van der Waals surface area contributed by atoms with E-state index in [-0.39, 0.29) is 35.9 Å². The summed E-state index contributed by atoms with van der Waals surface area (Å²) in [7, 11) is 0. The Labute approximate surface area is 173 Å². The number of esters is 1. The fourth-order valence-corrected chi connectivity index (χ4v) is 3.02. The lowest BCUT2D eigenvalue weighted by Gasteiger charge is -2.33. The van der Waals surface area contributed by atoms with Gasteiger partial charge < -0.3 is 15.0 Å². The third-order valence-corrected chi connectivity index (χ3v) is 4.32. The first-order chi connectivity index (χ1) is 12.1. The number of carbonyl (C=O) groups excluding carboxylic acids is 1. The molecule has 0 aromatic carbocycles. The van der Waals surface area contributed by atoms with E-state index in [1.165, 1.54) is 5.56 Å². The summed E-state index contributed by atoms with van der Waals surface area (Å²) < 4.78 is 7.10. The second kappa shape index (κ2) is 12.1. The number of aromatic nitrogens is 2. The summed E-state index contributed by atoms with van der Waals surface area (Å²) in [6.45, 7) is 10.6. The Hall–Kier alpha value is -1.32. The molecule has 8 heteroatoms. The molecular weight excluding hydrogens is 445 g/mol. The predicted molar refractivity (Wildman–Crippen MR) is 114 cm³/mol. The molecular formula is C18H32IN5O2. The van der Waals surface area contributed by atoms with E-state index in [4.69, 9.17) is 9.73 Å². The largest absolute Gasteiger partial charge is 0.466 e. The quantitative estimate of drug-likeness (QED) is 0.215. The summed E-state index contributed by atoms with van der Waals surface area (Å²) >= 11 is 0. The average Bonchev–Trinajstić information content (AvgIpc) is 3.03. The number of guanidine groups is 1. The molecule has 0 spiro atoms. The molecule has 1 aliphatic heterocycles. The maximum absolute atomic E-state index is 11.9. The molecule has 0 amide bonds. The highest BCUT2D eigenvalue weighted by molar-refractivity contribution is 14.0. The van der Waals surface area contributed by atoms with Crippen LogP contribution in [0.5, 0.6) is 0 Å². The SMILES string of the molecule is CCNC(=NCCCn1cc(C)cn1)N1CCC(C(=O)OCC)CC1.I. The van der Waals surface area contributed by atoms with Gasteiger partial charge in [-0.3, -0.25) is 14.5 Å². The second-order valence-corrected chi connectivity index (χ2v) is 6.38. The number of hydrogen-bond acceptors (Lipinski definition) is 4. The van der Waals surface area contributed by atoms with Crippen molar-refractivity contribution in [1.82, 2.24) is 20.0 Å². The van der Waals surface area contributed by atoms with Gasteiger partial charge in [-0.1, -0.05) is 0 Å². The van der Waals surface area contributed by atoms with Crippen LogP contribution in [0.25, 0.3) is 0 Å². The molecule has 1 aliphatic rings. The van der Waals surface area contributed by atoms with Gasteiger partial charge in [0.2, 0.25) is 0 Å². The van der Waals surface area contributed by atoms with Crippen LogP contribution in [-0.2, 0) is 16.1 Å². The minimum Gasteiger partial charge on any atom is -0.466 e. The van der Waals surface area contributed by atoms with Gasteiger partial charge in [-0.25, -0.2) is 0 Å². The molecule has 1 saturated heterocycles. The number of ether oxygens (including phenoxy) is 1. The van der Waals surface area contributed by atoms with Crippen LogP contribution in [0.4, 0.5) is 0 Å². The summed E-state index contributed by atoms with van der Waals surface area (Å²) in [5.74, 6) is 0.919. The van der Waals surface area contributed by atoms with Crippen molar-refractivity contribution in [2.24, 2.45) is 10.9 Å². The van der Waals surface area contributed by atoms with Crippen LogP contribution >= 0.6 is 24.0 Å². The zero-order valence-electron chi connectivity index (χ0n) is 16.1. The number of halogens is 1. The number of nitrogens with zero attached hydrogens (tertiary/aromatic N) is 4. The third-order valence-electron chi connectivity index (χ3n) is 4.32. The fraction of sp³-hybridized carbons (Fsp3) is 0.722. The molecule has 1 N–H and O–H groups in total. The lowest BCUT2D eigenvalue weighted by atomic mass is 9.97. The fourth-order valence-electron chi connectivity index (χ4n) is 3.02. The van der Waals surface area contributed by atoms with Crippen molar-refractivity contribution in [1.29, 1.82) is 0 Å². The van der Waals surface area contributed by atoms with E-state index < -0.39 is 0 Å². The number of nitrogens with one attached hydrogen (secondary N) is 1. The van der Waals surface area contributed by atoms with E-state index in [2.05, 4.69) is 28.4 Å². The molecule has 0 bridgehead atoms. The topological polar surface area (TPSA) is 71.8 Å². The molecule has 148 valence electrons. The number of hydrogen-bond donors (Lipinski definition) is 1. The van der Waals surface area contributed by atoms with Crippen LogP contribution in [0.1, 0.15) is 38.7 Å². The first-order valence-corrected chi connectivity index (χ1v) is 9.33. The van der Waals surface area contributed by atoms with Gasteiger partial charge in [0.1, 0.15) is 0 Å². The number of likely N-dealkylation sites (tertiary alicyclic amines) is 1. The Balaban J connectivity index is 0.00000338. The van der Waals surface area contributed by atoms with Gasteiger partial charge in [0.25, 0.3) is 0 Å². The summed E-state index contributed by atoms with van der Waals surface area (Å²) in [5, 5.41) is 7.66. The Morgan fingerprint density at radius 3 is 2.69 bits per heavy atom. The Bertz CT molecular complexity index is 568. The van der Waals surface area contributed by atoms with E-state index in [0.717, 1.165) is 57.9 Å². The molecule has 1 aromatic rings. The second-order valence-electron chi connectivity index (χ2n) is 6.38. The number of aryl methyl sites for hydroxylation is 2. The molecule has 1 aromatic heterocycles. The Morgan fingerprint density at radius 1 is 1.38 bits per heavy atom. The molecule has 0 atom stereocenters. The highest BCUT2D eigenvalue weighted by Gasteiger charge is 2.27. The summed E-state index contributed by atoms with van der Waals surface area (Å²) in [5.41, 5.74) is 1.18. The maximum atomic E-state index is 11.9. The zero-order valence-corrected chi connectivity index (χ0v) is 18.4. The van der Waals surface area contributed by atoms with E-state index in [1.54, 1.807) is 0 Å². The van der Waals surface area contributed by atoms with Crippen molar-refractivity contribution in [2.45, 2.75) is 46.6 Å². The van der Waals surface area contributed by atoms with Crippen molar-refractivity contribution in [2.75, 3.05) is 32.8 Å². The lowest BCUT2D eigenvalue weighted by Crippen LogP contribution is -2.46. The number of aliphatic imine (C=N–C) groups is 1. The van der Waals surface area contributed by atoms with Crippen LogP contribution in [-0.4, -0.2) is 59.4 Å². The zero-order chi connectivity index (χ0) is 18.1. The van der Waals surface area contributed by atoms with Crippen LogP contribution in [0.15, 0.2) is 17.4 Å². The monoisotopic (exact) mass is 477 g/mol. The summed E-state index contributed by atoms with van der Waals surface area (Å²) in [6.07, 6.45) is 6.54. The van der Waals surface area contributed by atoms with E-state index >= 15 is 0 Å². The molecule has 0 unspecified atom stereocenters. The number of rotatable bonds is 7. The predicted octanol–water partition coefficient (Wildman–Crippen LogP) is 2.44. The molecule has 2 heterocycles. The standard InChI is InChI=1S/C18H31N5O2.HI/c1-4-19-18(20-9-6-10-23-14-15(3)13-21-23)22-11-7-16(8-12-22)17(24)25-5-2;/h13-14,16H,4-12H2,1-3H3,(H,19,20);1H. The third kappa shape index (κ3) is 7.13. The number of carbonyl (C=O) groups is 1. The molecule has 1 fully saturated rings. The van der Waals surface area contributed by atoms with Gasteiger partial charge in [-0.2, -0.15) is 5.10 Å². The molecule has 0 aliphatic carbocycles. The van der Waals surface area contributed by atoms with Crippen LogP contribution in [0.3, 0.4) is 0 Å². The van der Waals surface area contributed by atoms with Crippen molar-refractivity contribution in [3.05, 3.63) is 18.0 Å². The molecule has 26 heavy (non-hydrogen) atoms. The van der Waals surface area contributed by atoms with Gasteiger partial charge in [0.05, 0.1) is 18.7 Å². The lowest BCUT2D eigenvalue weighted by molar-refractivity contribution is -0.149. The van der Waals surface area contributed by atoms with Gasteiger partial charge >= 0.3 is 5.97 Å². The number of piperidine rings is 1. The van der Waals surface area contributed by atoms with Gasteiger partial charge in [-0.05, 0) is 45.6 Å². The smallest absolute Gasteiger partial charge is 0.309 e. The van der Waals surface area contributed by atoms with E-state index in [0.29, 0.717) is 6.61 Å². The van der Waals surface area contributed by atoms with Gasteiger partial charge in [0, 0.05) is 38.9 Å². The molecule has 2 rings (SSSR count). The first kappa shape index (κ1) is 22.7. The van der Waals surface area contributed by atoms with Crippen molar-refractivity contribution in [3.8, 4) is 0 Å². The van der Waals surface area contributed by atoms with E-state index in [1.807, 2.05) is 24.7 Å². The van der Waals surface area contributed by atoms with Crippen molar-refractivity contribution in [3.63, 3.8) is 0 Å². The van der Waals surface area contributed by atoms with Crippen LogP contribution in [0, 0.1) is 12.8 Å². The molecule has 0 saturated carbocycles. The molecule has 0 radical (unpaired) electrons.